The zero-order valence-corrected chi connectivity index (χ0v) is 20.8. The van der Waals surface area contributed by atoms with E-state index < -0.39 is 5.97 Å². The Bertz CT molecular complexity index is 718. The summed E-state index contributed by atoms with van der Waals surface area (Å²) in [5.41, 5.74) is 0.353. The molecule has 0 aliphatic heterocycles. The molecule has 0 aromatic heterocycles. The first-order valence-corrected chi connectivity index (χ1v) is 13.6. The van der Waals surface area contributed by atoms with Crippen molar-refractivity contribution >= 4 is 11.8 Å². The second-order valence-corrected chi connectivity index (χ2v) is 12.6. The third-order valence-corrected chi connectivity index (χ3v) is 11.1. The monoisotopic (exact) mass is 446 g/mol. The minimum Gasteiger partial charge on any atom is -0.481 e. The summed E-state index contributed by atoms with van der Waals surface area (Å²) >= 11 is 0. The lowest BCUT2D eigenvalue weighted by Gasteiger charge is -2.62. The van der Waals surface area contributed by atoms with Gasteiger partial charge in [-0.3, -0.25) is 9.59 Å². The van der Waals surface area contributed by atoms with Crippen molar-refractivity contribution < 1.29 is 19.8 Å². The Labute approximate surface area is 194 Å². The van der Waals surface area contributed by atoms with Crippen molar-refractivity contribution in [2.75, 3.05) is 0 Å². The van der Waals surface area contributed by atoms with Gasteiger partial charge in [0.2, 0.25) is 0 Å². The molecule has 4 heteroatoms. The first-order valence-electron chi connectivity index (χ1n) is 13.6. The normalized spacial score (nSPS) is 46.8. The van der Waals surface area contributed by atoms with E-state index >= 15 is 0 Å². The summed E-state index contributed by atoms with van der Waals surface area (Å²) in [6.45, 7) is 9.37. The molecule has 2 N–H and O–H groups in total. The molecule has 0 bridgehead atoms. The molecule has 10 atom stereocenters. The van der Waals surface area contributed by atoms with Crippen LogP contribution in [0.5, 0.6) is 0 Å². The molecule has 0 unspecified atom stereocenters. The summed E-state index contributed by atoms with van der Waals surface area (Å²) in [6, 6.07) is 0. The largest absolute Gasteiger partial charge is 0.481 e. The molecule has 0 aromatic carbocycles. The third kappa shape index (κ3) is 3.87. The molecule has 0 heterocycles. The molecule has 0 amide bonds. The highest BCUT2D eigenvalue weighted by molar-refractivity contribution is 5.86. The van der Waals surface area contributed by atoms with Crippen LogP contribution < -0.4 is 0 Å². The van der Waals surface area contributed by atoms with Crippen LogP contribution in [-0.4, -0.2) is 28.1 Å². The Hall–Kier alpha value is -0.900. The molecule has 0 aromatic rings. The molecule has 4 aliphatic carbocycles. The first-order chi connectivity index (χ1) is 15.1. The number of ketones is 1. The van der Waals surface area contributed by atoms with Crippen molar-refractivity contribution in [1.29, 1.82) is 0 Å². The average Bonchev–Trinajstić information content (AvgIpc) is 3.10. The van der Waals surface area contributed by atoms with Crippen LogP contribution in [0.2, 0.25) is 0 Å². The van der Waals surface area contributed by atoms with Crippen molar-refractivity contribution in [3.8, 4) is 0 Å². The van der Waals surface area contributed by atoms with Crippen LogP contribution in [0.3, 0.4) is 0 Å². The fourth-order valence-electron chi connectivity index (χ4n) is 9.44. The number of Topliss-reactive ketones (excluding diaryl/α,β-unsaturated/α-hetero) is 1. The maximum atomic E-state index is 14.2. The van der Waals surface area contributed by atoms with Crippen LogP contribution in [0.15, 0.2) is 0 Å². The van der Waals surface area contributed by atoms with Crippen LogP contribution in [0.1, 0.15) is 105 Å². The number of aliphatic hydroxyl groups is 1. The van der Waals surface area contributed by atoms with Gasteiger partial charge in [0.05, 0.1) is 6.10 Å². The molecule has 4 nitrogen and oxygen atoms in total. The second kappa shape index (κ2) is 9.04. The number of aliphatic hydroxyl groups excluding tert-OH is 1. The lowest BCUT2D eigenvalue weighted by Crippen LogP contribution is -2.60. The van der Waals surface area contributed by atoms with E-state index in [1.54, 1.807) is 0 Å². The molecular formula is C28H46O4. The SMILES string of the molecule is CCCC[C@@H]1C(=O)[C@@H]2[C@H](CC[C@]3(C)[C@@H]([C@H](C)CCC(=O)O)CC[C@@H]23)[C@@]2(C)CC[C@@H](O)C[C@@H]12. The van der Waals surface area contributed by atoms with E-state index in [1.807, 2.05) is 0 Å². The standard InChI is InChI=1S/C28H46O4/c1-5-6-7-19-23-16-18(29)12-14-28(23,4)22-13-15-27(3)20(17(2)8-11-24(30)31)9-10-21(27)25(22)26(19)32/h17-23,25,29H,5-16H2,1-4H3,(H,30,31)/t17-,18-,19+,20-,21+,22+,23+,25+,27-,28-/m1/s1. The van der Waals surface area contributed by atoms with E-state index in [0.29, 0.717) is 35.4 Å². The van der Waals surface area contributed by atoms with Crippen molar-refractivity contribution in [2.24, 2.45) is 52.3 Å². The van der Waals surface area contributed by atoms with Crippen LogP contribution in [-0.2, 0) is 9.59 Å². The van der Waals surface area contributed by atoms with Gasteiger partial charge in [-0.25, -0.2) is 0 Å². The van der Waals surface area contributed by atoms with Crippen molar-refractivity contribution in [1.82, 2.24) is 0 Å². The minimum absolute atomic E-state index is 0.127. The molecule has 0 saturated heterocycles. The molecular weight excluding hydrogens is 400 g/mol. The maximum absolute atomic E-state index is 14.2. The fraction of sp³-hybridized carbons (Fsp3) is 0.929. The summed E-state index contributed by atoms with van der Waals surface area (Å²) in [5, 5.41) is 19.7. The van der Waals surface area contributed by atoms with E-state index in [2.05, 4.69) is 27.7 Å². The van der Waals surface area contributed by atoms with Gasteiger partial charge in [-0.15, -0.1) is 0 Å². The first kappa shape index (κ1) is 24.2. The highest BCUT2D eigenvalue weighted by atomic mass is 16.4. The Morgan fingerprint density at radius 1 is 1.06 bits per heavy atom. The van der Waals surface area contributed by atoms with E-state index in [9.17, 15) is 19.8 Å². The third-order valence-electron chi connectivity index (χ3n) is 11.1. The molecule has 4 fully saturated rings. The van der Waals surface area contributed by atoms with Gasteiger partial charge < -0.3 is 10.2 Å². The number of carboxylic acids is 1. The van der Waals surface area contributed by atoms with Crippen molar-refractivity contribution in [2.45, 2.75) is 111 Å². The summed E-state index contributed by atoms with van der Waals surface area (Å²) in [6.07, 6.45) is 11.4. The number of aliphatic carboxylic acids is 1. The molecule has 4 saturated carbocycles. The quantitative estimate of drug-likeness (QED) is 0.495. The van der Waals surface area contributed by atoms with Crippen LogP contribution in [0, 0.1) is 52.3 Å². The topological polar surface area (TPSA) is 74.6 Å². The lowest BCUT2D eigenvalue weighted by atomic mass is 9.41. The summed E-state index contributed by atoms with van der Waals surface area (Å²) in [4.78, 5) is 25.4. The molecule has 4 rings (SSSR count). The summed E-state index contributed by atoms with van der Waals surface area (Å²) in [7, 11) is 0. The molecule has 0 spiro atoms. The zero-order chi connectivity index (χ0) is 23.3. The minimum atomic E-state index is -0.695. The summed E-state index contributed by atoms with van der Waals surface area (Å²) < 4.78 is 0. The highest BCUT2D eigenvalue weighted by Crippen LogP contribution is 2.68. The van der Waals surface area contributed by atoms with Gasteiger partial charge in [-0.1, -0.05) is 40.5 Å². The Kier molecular flexibility index (Phi) is 6.85. The van der Waals surface area contributed by atoms with Gasteiger partial charge >= 0.3 is 5.97 Å². The number of fused-ring (bicyclic) bond motifs is 5. The Morgan fingerprint density at radius 2 is 1.75 bits per heavy atom. The second-order valence-electron chi connectivity index (χ2n) is 12.6. The molecule has 32 heavy (non-hydrogen) atoms. The predicted octanol–water partition coefficient (Wildman–Crippen LogP) is 6.10. The van der Waals surface area contributed by atoms with Crippen molar-refractivity contribution in [3.05, 3.63) is 0 Å². The lowest BCUT2D eigenvalue weighted by molar-refractivity contribution is -0.173. The number of carbonyl (C=O) groups is 2. The maximum Gasteiger partial charge on any atom is 0.303 e. The summed E-state index contributed by atoms with van der Waals surface area (Å²) in [5.74, 6) is 2.37. The van der Waals surface area contributed by atoms with Crippen LogP contribution >= 0.6 is 0 Å². The number of hydrogen-bond donors (Lipinski definition) is 2. The van der Waals surface area contributed by atoms with Crippen LogP contribution in [0.4, 0.5) is 0 Å². The number of carbonyl (C=O) groups excluding carboxylic acids is 1. The van der Waals surface area contributed by atoms with E-state index in [0.717, 1.165) is 64.2 Å². The molecule has 0 radical (unpaired) electrons. The van der Waals surface area contributed by atoms with Gasteiger partial charge in [0.15, 0.2) is 0 Å². The van der Waals surface area contributed by atoms with E-state index in [4.69, 9.17) is 0 Å². The number of carboxylic acid groups (broad SMARTS) is 1. The smallest absolute Gasteiger partial charge is 0.303 e. The molecule has 4 aliphatic rings. The number of hydrogen-bond acceptors (Lipinski definition) is 3. The van der Waals surface area contributed by atoms with Gasteiger partial charge in [-0.05, 0) is 98.2 Å². The molecule has 182 valence electrons. The predicted molar refractivity (Wildman–Crippen MR) is 126 cm³/mol. The van der Waals surface area contributed by atoms with Crippen molar-refractivity contribution in [3.63, 3.8) is 0 Å². The van der Waals surface area contributed by atoms with Gasteiger partial charge in [0.25, 0.3) is 0 Å². The Balaban J connectivity index is 1.63. The fourth-order valence-corrected chi connectivity index (χ4v) is 9.44. The number of rotatable bonds is 7. The number of unbranched alkanes of at least 4 members (excludes halogenated alkanes) is 1. The van der Waals surface area contributed by atoms with Gasteiger partial charge in [0, 0.05) is 18.3 Å². The van der Waals surface area contributed by atoms with E-state index in [-0.39, 0.29) is 35.2 Å². The van der Waals surface area contributed by atoms with Gasteiger partial charge in [0.1, 0.15) is 5.78 Å². The average molecular weight is 447 g/mol. The highest BCUT2D eigenvalue weighted by Gasteiger charge is 2.65. The Morgan fingerprint density at radius 3 is 2.44 bits per heavy atom. The van der Waals surface area contributed by atoms with Gasteiger partial charge in [-0.2, -0.15) is 0 Å². The van der Waals surface area contributed by atoms with E-state index in [1.165, 1.54) is 6.42 Å². The van der Waals surface area contributed by atoms with Crippen LogP contribution in [0.25, 0.3) is 0 Å². The zero-order valence-electron chi connectivity index (χ0n) is 20.8.